The molecule has 2 nitrogen and oxygen atoms in total. The van der Waals surface area contributed by atoms with Gasteiger partial charge in [-0.1, -0.05) is 0 Å². The summed E-state index contributed by atoms with van der Waals surface area (Å²) in [5.41, 5.74) is -3.63. The number of alkyl halides is 2. The minimum atomic E-state index is -4.68. The molecule has 11 heteroatoms. The van der Waals surface area contributed by atoms with Crippen LogP contribution >= 0.6 is 0 Å². The Hall–Kier alpha value is -4.15. The highest BCUT2D eigenvalue weighted by Gasteiger charge is 2.41. The van der Waals surface area contributed by atoms with Crippen molar-refractivity contribution in [3.8, 4) is 33.8 Å². The van der Waals surface area contributed by atoms with Gasteiger partial charge in [-0.3, -0.25) is 0 Å². The van der Waals surface area contributed by atoms with Gasteiger partial charge in [0.15, 0.2) is 17.5 Å². The summed E-state index contributed by atoms with van der Waals surface area (Å²) in [4.78, 5) is 0. The van der Waals surface area contributed by atoms with Gasteiger partial charge in [-0.2, -0.15) is 8.78 Å². The molecule has 0 fully saturated rings. The van der Waals surface area contributed by atoms with E-state index in [2.05, 4.69) is 4.74 Å². The highest BCUT2D eigenvalue weighted by atomic mass is 19.3. The second kappa shape index (κ2) is 9.14. The molecule has 0 unspecified atom stereocenters. The van der Waals surface area contributed by atoms with Gasteiger partial charge in [-0.15, -0.1) is 0 Å². The molecule has 186 valence electrons. The summed E-state index contributed by atoms with van der Waals surface area (Å²) in [5, 5.41) is 9.24. The summed E-state index contributed by atoms with van der Waals surface area (Å²) in [5.74, 6) is -12.4. The monoisotopic (exact) mass is 514 g/mol. The molecular formula is C25H11F9O2. The van der Waals surface area contributed by atoms with Crippen molar-refractivity contribution in [2.24, 2.45) is 0 Å². The van der Waals surface area contributed by atoms with Crippen LogP contribution in [0.15, 0.2) is 60.7 Å². The van der Waals surface area contributed by atoms with E-state index in [1.54, 1.807) is 0 Å². The molecule has 0 amide bonds. The van der Waals surface area contributed by atoms with Crippen molar-refractivity contribution in [3.63, 3.8) is 0 Å². The number of benzene rings is 4. The normalized spacial score (nSPS) is 11.6. The molecule has 0 aromatic heterocycles. The van der Waals surface area contributed by atoms with Crippen molar-refractivity contribution < 1.29 is 49.4 Å². The van der Waals surface area contributed by atoms with Crippen molar-refractivity contribution in [1.82, 2.24) is 0 Å². The van der Waals surface area contributed by atoms with Crippen LogP contribution < -0.4 is 4.74 Å². The van der Waals surface area contributed by atoms with E-state index in [0.717, 1.165) is 24.3 Å². The molecule has 0 aliphatic carbocycles. The standard InChI is InChI=1S/C25H11F9O2/c26-17-9-13(35)1-3-15(17)11-5-19(28)23(20(29)6-11)25(33,34)36-14-2-4-16(18(27)10-14)12-7-21(30)24(32)22(31)8-12/h1-10,35H. The Balaban J connectivity index is 1.65. The molecule has 4 rings (SSSR count). The fourth-order valence-electron chi connectivity index (χ4n) is 3.45. The van der Waals surface area contributed by atoms with Gasteiger partial charge in [0.1, 0.15) is 40.3 Å². The maximum atomic E-state index is 14.7. The summed E-state index contributed by atoms with van der Waals surface area (Å²) >= 11 is 0. The molecule has 0 saturated heterocycles. The zero-order valence-corrected chi connectivity index (χ0v) is 17.5. The van der Waals surface area contributed by atoms with Gasteiger partial charge in [0, 0.05) is 23.3 Å². The largest absolute Gasteiger partial charge is 0.508 e. The smallest absolute Gasteiger partial charge is 0.432 e. The first kappa shape index (κ1) is 25.0. The van der Waals surface area contributed by atoms with Gasteiger partial charge < -0.3 is 9.84 Å². The minimum absolute atomic E-state index is 0.373. The van der Waals surface area contributed by atoms with Gasteiger partial charge in [0.05, 0.1) is 0 Å². The predicted molar refractivity (Wildman–Crippen MR) is 110 cm³/mol. The number of hydrogen-bond donors (Lipinski definition) is 1. The van der Waals surface area contributed by atoms with Gasteiger partial charge >= 0.3 is 6.11 Å². The van der Waals surface area contributed by atoms with Gasteiger partial charge in [0.25, 0.3) is 0 Å². The quantitative estimate of drug-likeness (QED) is 0.217. The summed E-state index contributed by atoms with van der Waals surface area (Å²) in [6.45, 7) is 0. The second-order valence-corrected chi connectivity index (χ2v) is 7.49. The predicted octanol–water partition coefficient (Wildman–Crippen LogP) is 7.83. The second-order valence-electron chi connectivity index (χ2n) is 7.49. The molecule has 0 aliphatic heterocycles. The SMILES string of the molecule is Oc1ccc(-c2cc(F)c(C(F)(F)Oc3ccc(-c4cc(F)c(F)c(F)c4)c(F)c3)c(F)c2)c(F)c1. The lowest BCUT2D eigenvalue weighted by molar-refractivity contribution is -0.189. The number of phenolic OH excluding ortho intramolecular Hbond substituents is 1. The van der Waals surface area contributed by atoms with E-state index in [-0.39, 0.29) is 5.56 Å². The van der Waals surface area contributed by atoms with Crippen molar-refractivity contribution >= 4 is 0 Å². The minimum Gasteiger partial charge on any atom is -0.508 e. The number of rotatable bonds is 5. The van der Waals surface area contributed by atoms with Crippen molar-refractivity contribution in [3.05, 3.63) is 107 Å². The number of ether oxygens (including phenoxy) is 1. The van der Waals surface area contributed by atoms with E-state index in [1.807, 2.05) is 0 Å². The average molecular weight is 514 g/mol. The molecule has 1 N–H and O–H groups in total. The van der Waals surface area contributed by atoms with Crippen molar-refractivity contribution in [1.29, 1.82) is 0 Å². The third kappa shape index (κ3) is 4.68. The average Bonchev–Trinajstić information content (AvgIpc) is 2.76. The summed E-state index contributed by atoms with van der Waals surface area (Å²) in [6.07, 6.45) is -4.68. The highest BCUT2D eigenvalue weighted by Crippen LogP contribution is 2.38. The van der Waals surface area contributed by atoms with E-state index in [9.17, 15) is 44.6 Å². The van der Waals surface area contributed by atoms with Crippen LogP contribution in [0.5, 0.6) is 11.5 Å². The van der Waals surface area contributed by atoms with Gasteiger partial charge in [0.2, 0.25) is 0 Å². The molecule has 0 saturated carbocycles. The number of phenols is 1. The van der Waals surface area contributed by atoms with E-state index >= 15 is 0 Å². The van der Waals surface area contributed by atoms with Crippen LogP contribution in [-0.4, -0.2) is 5.11 Å². The van der Waals surface area contributed by atoms with Crippen LogP contribution in [0.4, 0.5) is 39.5 Å². The molecule has 36 heavy (non-hydrogen) atoms. The zero-order chi connectivity index (χ0) is 26.4. The Morgan fingerprint density at radius 1 is 0.556 bits per heavy atom. The summed E-state index contributed by atoms with van der Waals surface area (Å²) in [6, 6.07) is 6.37. The zero-order valence-electron chi connectivity index (χ0n) is 17.5. The first-order valence-electron chi connectivity index (χ1n) is 9.87. The lowest BCUT2D eigenvalue weighted by Gasteiger charge is -2.20. The topological polar surface area (TPSA) is 29.5 Å². The maximum absolute atomic E-state index is 14.7. The Morgan fingerprint density at radius 2 is 1.03 bits per heavy atom. The van der Waals surface area contributed by atoms with Crippen LogP contribution in [0, 0.1) is 40.7 Å². The summed E-state index contributed by atoms with van der Waals surface area (Å²) in [7, 11) is 0. The molecule has 0 bridgehead atoms. The Morgan fingerprint density at radius 3 is 1.53 bits per heavy atom. The Kier molecular flexibility index (Phi) is 6.33. The van der Waals surface area contributed by atoms with Gasteiger partial charge in [-0.05, 0) is 59.7 Å². The molecule has 0 heterocycles. The van der Waals surface area contributed by atoms with Crippen LogP contribution in [0.1, 0.15) is 5.56 Å². The molecule has 0 spiro atoms. The number of hydrogen-bond acceptors (Lipinski definition) is 2. The maximum Gasteiger partial charge on any atom is 0.432 e. The van der Waals surface area contributed by atoms with Crippen LogP contribution in [0.3, 0.4) is 0 Å². The Labute approximate surface area is 196 Å². The third-order valence-corrected chi connectivity index (χ3v) is 5.08. The molecule has 0 atom stereocenters. The van der Waals surface area contributed by atoms with Gasteiger partial charge in [-0.25, -0.2) is 30.7 Å². The Bertz CT molecular complexity index is 1440. The highest BCUT2D eigenvalue weighted by molar-refractivity contribution is 5.66. The molecule has 4 aromatic rings. The molecule has 4 aromatic carbocycles. The van der Waals surface area contributed by atoms with Crippen LogP contribution in [-0.2, 0) is 6.11 Å². The summed E-state index contributed by atoms with van der Waals surface area (Å²) < 4.78 is 131. The third-order valence-electron chi connectivity index (χ3n) is 5.08. The van der Waals surface area contributed by atoms with E-state index in [1.165, 1.54) is 0 Å². The first-order chi connectivity index (χ1) is 16.9. The fourth-order valence-corrected chi connectivity index (χ4v) is 3.45. The molecule has 0 radical (unpaired) electrons. The fraction of sp³-hybridized carbons (Fsp3) is 0.0400. The molecular weight excluding hydrogens is 503 g/mol. The van der Waals surface area contributed by atoms with Crippen LogP contribution in [0.2, 0.25) is 0 Å². The van der Waals surface area contributed by atoms with E-state index < -0.39 is 80.6 Å². The first-order valence-corrected chi connectivity index (χ1v) is 9.87. The van der Waals surface area contributed by atoms with E-state index in [4.69, 9.17) is 0 Å². The lowest BCUT2D eigenvalue weighted by atomic mass is 10.0. The number of aromatic hydroxyl groups is 1. The van der Waals surface area contributed by atoms with Crippen molar-refractivity contribution in [2.75, 3.05) is 0 Å². The van der Waals surface area contributed by atoms with Crippen LogP contribution in [0.25, 0.3) is 22.3 Å². The lowest BCUT2D eigenvalue weighted by Crippen LogP contribution is -2.25. The molecule has 0 aliphatic rings. The number of halogens is 9. The van der Waals surface area contributed by atoms with E-state index in [0.29, 0.717) is 36.4 Å². The van der Waals surface area contributed by atoms with Crippen molar-refractivity contribution in [2.45, 2.75) is 6.11 Å².